The highest BCUT2D eigenvalue weighted by molar-refractivity contribution is 7.80. The minimum Gasteiger partial charge on any atom is -0.493 e. The molecular formula is C19H16N2O5S. The van der Waals surface area contributed by atoms with Gasteiger partial charge in [-0.05, 0) is 53.7 Å². The molecule has 3 N–H and O–H groups in total. The Morgan fingerprint density at radius 1 is 1.19 bits per heavy atom. The van der Waals surface area contributed by atoms with E-state index in [-0.39, 0.29) is 23.2 Å². The van der Waals surface area contributed by atoms with Crippen LogP contribution in [0, 0.1) is 0 Å². The first-order chi connectivity index (χ1) is 13.0. The van der Waals surface area contributed by atoms with Crippen LogP contribution in [0.4, 0.5) is 0 Å². The maximum absolute atomic E-state index is 11.7. The predicted molar refractivity (Wildman–Crippen MR) is 103 cm³/mol. The van der Waals surface area contributed by atoms with E-state index in [4.69, 9.17) is 26.8 Å². The fourth-order valence-corrected chi connectivity index (χ4v) is 2.70. The van der Waals surface area contributed by atoms with Gasteiger partial charge in [-0.15, -0.1) is 0 Å². The summed E-state index contributed by atoms with van der Waals surface area (Å²) in [4.78, 5) is 22.8. The molecule has 2 aromatic rings. The smallest absolute Gasteiger partial charge is 0.335 e. The van der Waals surface area contributed by atoms with Crippen LogP contribution in [-0.4, -0.2) is 29.2 Å². The quantitative estimate of drug-likeness (QED) is 0.519. The van der Waals surface area contributed by atoms with Crippen LogP contribution >= 0.6 is 12.2 Å². The van der Waals surface area contributed by atoms with E-state index in [1.165, 1.54) is 13.2 Å². The lowest BCUT2D eigenvalue weighted by Crippen LogP contribution is -2.21. The van der Waals surface area contributed by atoms with Gasteiger partial charge in [0.15, 0.2) is 16.6 Å². The highest BCUT2D eigenvalue weighted by Crippen LogP contribution is 2.29. The van der Waals surface area contributed by atoms with Crippen molar-refractivity contribution in [3.8, 4) is 11.5 Å². The fourth-order valence-electron chi connectivity index (χ4n) is 2.50. The molecule has 0 aliphatic carbocycles. The Morgan fingerprint density at radius 3 is 2.67 bits per heavy atom. The number of carboxylic acids is 1. The average Bonchev–Trinajstić information content (AvgIpc) is 2.97. The van der Waals surface area contributed by atoms with E-state index >= 15 is 0 Å². The van der Waals surface area contributed by atoms with Gasteiger partial charge in [0.2, 0.25) is 0 Å². The molecule has 3 rings (SSSR count). The van der Waals surface area contributed by atoms with E-state index in [1.54, 1.807) is 42.5 Å². The monoisotopic (exact) mass is 384 g/mol. The summed E-state index contributed by atoms with van der Waals surface area (Å²) in [6.45, 7) is 0.191. The molecular weight excluding hydrogens is 368 g/mol. The molecule has 1 aliphatic heterocycles. The van der Waals surface area contributed by atoms with Crippen molar-refractivity contribution in [2.45, 2.75) is 6.61 Å². The number of amides is 1. The first-order valence-corrected chi connectivity index (χ1v) is 8.34. The largest absolute Gasteiger partial charge is 0.493 e. The van der Waals surface area contributed by atoms with Crippen molar-refractivity contribution in [2.24, 2.45) is 0 Å². The zero-order valence-corrected chi connectivity index (χ0v) is 15.1. The van der Waals surface area contributed by atoms with Gasteiger partial charge in [-0.1, -0.05) is 18.2 Å². The van der Waals surface area contributed by atoms with Gasteiger partial charge >= 0.3 is 5.97 Å². The van der Waals surface area contributed by atoms with E-state index in [2.05, 4.69) is 10.6 Å². The van der Waals surface area contributed by atoms with Gasteiger partial charge in [0.1, 0.15) is 12.3 Å². The molecule has 1 heterocycles. The summed E-state index contributed by atoms with van der Waals surface area (Å²) >= 11 is 4.90. The summed E-state index contributed by atoms with van der Waals surface area (Å²) in [6.07, 6.45) is 1.65. The summed E-state index contributed by atoms with van der Waals surface area (Å²) in [5.74, 6) is -0.298. The Morgan fingerprint density at radius 2 is 2.00 bits per heavy atom. The number of carbonyl (C=O) groups excluding carboxylic acids is 1. The van der Waals surface area contributed by atoms with E-state index in [0.29, 0.717) is 17.2 Å². The summed E-state index contributed by atoms with van der Waals surface area (Å²) < 4.78 is 11.1. The molecule has 138 valence electrons. The Bertz CT molecular complexity index is 955. The lowest BCUT2D eigenvalue weighted by molar-refractivity contribution is -0.115. The minimum absolute atomic E-state index is 0.191. The molecule has 8 heteroatoms. The normalized spacial score (nSPS) is 14.6. The molecule has 0 unspecified atom stereocenters. The Balaban J connectivity index is 1.76. The third kappa shape index (κ3) is 4.42. The standard InChI is InChI=1S/C19H16N2O5S/c1-25-16-9-11(8-14-17(22)21-19(27)20-14)5-6-15(16)26-10-12-3-2-4-13(7-12)18(23)24/h2-9H,10H2,1H3,(H,23,24)(H2,20,21,22,27)/b14-8-. The topological polar surface area (TPSA) is 96.9 Å². The second-order valence-electron chi connectivity index (χ2n) is 5.67. The van der Waals surface area contributed by atoms with Gasteiger partial charge < -0.3 is 19.9 Å². The predicted octanol–water partition coefficient (Wildman–Crippen LogP) is 2.32. The molecule has 27 heavy (non-hydrogen) atoms. The van der Waals surface area contributed by atoms with Crippen molar-refractivity contribution >= 4 is 35.3 Å². The van der Waals surface area contributed by atoms with Crippen molar-refractivity contribution in [3.05, 3.63) is 64.9 Å². The highest BCUT2D eigenvalue weighted by Gasteiger charge is 2.20. The highest BCUT2D eigenvalue weighted by atomic mass is 32.1. The van der Waals surface area contributed by atoms with E-state index in [0.717, 1.165) is 11.1 Å². The summed E-state index contributed by atoms with van der Waals surface area (Å²) in [5.41, 5.74) is 2.00. The summed E-state index contributed by atoms with van der Waals surface area (Å²) in [6, 6.07) is 11.7. The lowest BCUT2D eigenvalue weighted by atomic mass is 10.1. The van der Waals surface area contributed by atoms with E-state index in [1.807, 2.05) is 0 Å². The van der Waals surface area contributed by atoms with E-state index < -0.39 is 5.97 Å². The first kappa shape index (κ1) is 18.4. The number of ether oxygens (including phenoxy) is 2. The Hall–Kier alpha value is -3.39. The number of hydrogen-bond donors (Lipinski definition) is 3. The van der Waals surface area contributed by atoms with Gasteiger partial charge in [-0.25, -0.2) is 4.79 Å². The SMILES string of the molecule is COc1cc(/C=C2\NC(=S)NC2=O)ccc1OCc1cccc(C(=O)O)c1. The van der Waals surface area contributed by atoms with Gasteiger partial charge in [0, 0.05) is 0 Å². The van der Waals surface area contributed by atoms with E-state index in [9.17, 15) is 9.59 Å². The number of hydrogen-bond acceptors (Lipinski definition) is 5. The average molecular weight is 384 g/mol. The van der Waals surface area contributed by atoms with Crippen LogP contribution in [0.1, 0.15) is 21.5 Å². The molecule has 0 saturated carbocycles. The number of benzene rings is 2. The molecule has 2 aromatic carbocycles. The van der Waals surface area contributed by atoms with Gasteiger partial charge in [0.25, 0.3) is 5.91 Å². The van der Waals surface area contributed by atoms with Crippen LogP contribution in [-0.2, 0) is 11.4 Å². The molecule has 0 aromatic heterocycles. The Kier molecular flexibility index (Phi) is 5.37. The molecule has 0 bridgehead atoms. The number of carboxylic acid groups (broad SMARTS) is 1. The number of thiocarbonyl (C=S) groups is 1. The molecule has 0 atom stereocenters. The number of nitrogens with one attached hydrogen (secondary N) is 2. The molecule has 1 saturated heterocycles. The van der Waals surface area contributed by atoms with Gasteiger partial charge in [0.05, 0.1) is 12.7 Å². The van der Waals surface area contributed by atoms with Crippen molar-refractivity contribution < 1.29 is 24.2 Å². The third-order valence-corrected chi connectivity index (χ3v) is 3.99. The van der Waals surface area contributed by atoms with Crippen LogP contribution in [0.2, 0.25) is 0 Å². The molecule has 7 nitrogen and oxygen atoms in total. The van der Waals surface area contributed by atoms with Crippen LogP contribution in [0.3, 0.4) is 0 Å². The van der Waals surface area contributed by atoms with Crippen LogP contribution in [0.5, 0.6) is 11.5 Å². The Labute approximate surface area is 160 Å². The molecule has 1 amide bonds. The zero-order chi connectivity index (χ0) is 19.4. The summed E-state index contributed by atoms with van der Waals surface area (Å²) in [5, 5.41) is 14.6. The summed E-state index contributed by atoms with van der Waals surface area (Å²) in [7, 11) is 1.51. The molecule has 1 fully saturated rings. The van der Waals surface area contributed by atoms with Crippen LogP contribution in [0.25, 0.3) is 6.08 Å². The first-order valence-electron chi connectivity index (χ1n) is 7.93. The van der Waals surface area contributed by atoms with Crippen molar-refractivity contribution in [1.82, 2.24) is 10.6 Å². The van der Waals surface area contributed by atoms with Crippen molar-refractivity contribution in [3.63, 3.8) is 0 Å². The molecule has 0 spiro atoms. The fraction of sp³-hybridized carbons (Fsp3) is 0.105. The number of rotatable bonds is 6. The molecule has 0 radical (unpaired) electrons. The van der Waals surface area contributed by atoms with Crippen LogP contribution < -0.4 is 20.1 Å². The number of methoxy groups -OCH3 is 1. The zero-order valence-electron chi connectivity index (χ0n) is 14.3. The molecule has 1 aliphatic rings. The van der Waals surface area contributed by atoms with Crippen molar-refractivity contribution in [2.75, 3.05) is 7.11 Å². The second-order valence-corrected chi connectivity index (χ2v) is 6.08. The van der Waals surface area contributed by atoms with Gasteiger partial charge in [-0.3, -0.25) is 10.1 Å². The maximum Gasteiger partial charge on any atom is 0.335 e. The lowest BCUT2D eigenvalue weighted by Gasteiger charge is -2.12. The number of aromatic carboxylic acids is 1. The number of carbonyl (C=O) groups is 2. The minimum atomic E-state index is -0.990. The van der Waals surface area contributed by atoms with Crippen LogP contribution in [0.15, 0.2) is 48.2 Å². The second kappa shape index (κ2) is 7.88. The van der Waals surface area contributed by atoms with Crippen molar-refractivity contribution in [1.29, 1.82) is 0 Å². The maximum atomic E-state index is 11.7. The third-order valence-electron chi connectivity index (χ3n) is 3.79. The van der Waals surface area contributed by atoms with Gasteiger partial charge in [-0.2, -0.15) is 0 Å².